The van der Waals surface area contributed by atoms with Crippen LogP contribution in [0.4, 0.5) is 0 Å². The van der Waals surface area contributed by atoms with Crippen molar-refractivity contribution >= 4 is 29.9 Å². The molecule has 0 heterocycles. The molecule has 0 radical (unpaired) electrons. The standard InChI is InChI=1S/C19H33N3O3.HI/c1-5-10-19(24,11-6-2)14-22-18(20-7-3)21-13-15-12-16(25-4)8-9-17(15)23;/h8-9,12,23-24H,5-7,10-11,13-14H2,1-4H3,(H2,20,21,22);1H. The molecule has 1 aromatic carbocycles. The van der Waals surface area contributed by atoms with Crippen LogP contribution in [-0.4, -0.2) is 42.0 Å². The molecule has 0 saturated carbocycles. The molecule has 0 aliphatic carbocycles. The predicted octanol–water partition coefficient (Wildman–Crippen LogP) is 3.41. The van der Waals surface area contributed by atoms with Gasteiger partial charge < -0.3 is 25.6 Å². The summed E-state index contributed by atoms with van der Waals surface area (Å²) >= 11 is 0. The Hall–Kier alpha value is -1.22. The van der Waals surface area contributed by atoms with Crippen molar-refractivity contribution in [2.24, 2.45) is 4.99 Å². The van der Waals surface area contributed by atoms with Gasteiger partial charge in [-0.25, -0.2) is 4.99 Å². The maximum Gasteiger partial charge on any atom is 0.191 e. The smallest absolute Gasteiger partial charge is 0.191 e. The minimum atomic E-state index is -0.724. The number of hydrogen-bond acceptors (Lipinski definition) is 4. The lowest BCUT2D eigenvalue weighted by Crippen LogP contribution is -2.47. The highest BCUT2D eigenvalue weighted by molar-refractivity contribution is 14.0. The monoisotopic (exact) mass is 479 g/mol. The Bertz CT molecular complexity index is 547. The van der Waals surface area contributed by atoms with Gasteiger partial charge in [-0.15, -0.1) is 24.0 Å². The van der Waals surface area contributed by atoms with Crippen LogP contribution >= 0.6 is 24.0 Å². The molecule has 0 atom stereocenters. The maximum absolute atomic E-state index is 10.7. The van der Waals surface area contributed by atoms with E-state index in [0.717, 1.165) is 32.2 Å². The van der Waals surface area contributed by atoms with Gasteiger partial charge in [0.2, 0.25) is 0 Å². The zero-order valence-corrected chi connectivity index (χ0v) is 18.7. The molecule has 6 nitrogen and oxygen atoms in total. The van der Waals surface area contributed by atoms with E-state index in [4.69, 9.17) is 4.74 Å². The third kappa shape index (κ3) is 8.44. The highest BCUT2D eigenvalue weighted by Crippen LogP contribution is 2.23. The molecule has 0 unspecified atom stereocenters. The van der Waals surface area contributed by atoms with Gasteiger partial charge in [0.05, 0.1) is 19.3 Å². The van der Waals surface area contributed by atoms with E-state index in [1.807, 2.05) is 6.92 Å². The number of aliphatic imine (C=N–C) groups is 1. The summed E-state index contributed by atoms with van der Waals surface area (Å²) in [7, 11) is 1.59. The van der Waals surface area contributed by atoms with E-state index in [-0.39, 0.29) is 29.7 Å². The fraction of sp³-hybridized carbons (Fsp3) is 0.632. The summed E-state index contributed by atoms with van der Waals surface area (Å²) in [5.41, 5.74) is -0.0356. The van der Waals surface area contributed by atoms with Gasteiger partial charge in [0, 0.05) is 18.7 Å². The van der Waals surface area contributed by atoms with E-state index in [1.165, 1.54) is 0 Å². The number of aromatic hydroxyl groups is 1. The van der Waals surface area contributed by atoms with Gasteiger partial charge in [-0.05, 0) is 38.0 Å². The number of rotatable bonds is 10. The third-order valence-electron chi connectivity index (χ3n) is 4.05. The molecule has 0 aromatic heterocycles. The van der Waals surface area contributed by atoms with Crippen LogP contribution in [0.25, 0.3) is 0 Å². The first-order valence-electron chi connectivity index (χ1n) is 9.08. The summed E-state index contributed by atoms with van der Waals surface area (Å²) in [6.45, 7) is 7.63. The van der Waals surface area contributed by atoms with E-state index in [9.17, 15) is 10.2 Å². The fourth-order valence-electron chi connectivity index (χ4n) is 2.80. The highest BCUT2D eigenvalue weighted by atomic mass is 127. The van der Waals surface area contributed by atoms with Crippen LogP contribution in [-0.2, 0) is 6.54 Å². The number of nitrogens with one attached hydrogen (secondary N) is 2. The second-order valence-electron chi connectivity index (χ2n) is 6.27. The van der Waals surface area contributed by atoms with Gasteiger partial charge in [0.15, 0.2) is 5.96 Å². The Morgan fingerprint density at radius 1 is 1.15 bits per heavy atom. The van der Waals surface area contributed by atoms with Crippen LogP contribution < -0.4 is 15.4 Å². The number of aliphatic hydroxyl groups is 1. The number of ether oxygens (including phenoxy) is 1. The average Bonchev–Trinajstić information content (AvgIpc) is 2.59. The minimum Gasteiger partial charge on any atom is -0.508 e. The van der Waals surface area contributed by atoms with Crippen molar-refractivity contribution in [3.8, 4) is 11.5 Å². The van der Waals surface area contributed by atoms with Gasteiger partial charge >= 0.3 is 0 Å². The summed E-state index contributed by atoms with van der Waals surface area (Å²) in [5, 5.41) is 27.1. The lowest BCUT2D eigenvalue weighted by molar-refractivity contribution is 0.0257. The van der Waals surface area contributed by atoms with Crippen molar-refractivity contribution in [2.75, 3.05) is 20.2 Å². The van der Waals surface area contributed by atoms with Crippen LogP contribution in [0.3, 0.4) is 0 Å². The molecule has 0 saturated heterocycles. The first-order chi connectivity index (χ1) is 12.0. The molecule has 7 heteroatoms. The molecule has 0 amide bonds. The van der Waals surface area contributed by atoms with Crippen molar-refractivity contribution in [2.45, 2.75) is 58.6 Å². The molecule has 26 heavy (non-hydrogen) atoms. The van der Waals surface area contributed by atoms with Crippen LogP contribution in [0, 0.1) is 0 Å². The van der Waals surface area contributed by atoms with Gasteiger partial charge in [-0.3, -0.25) is 0 Å². The van der Waals surface area contributed by atoms with E-state index in [1.54, 1.807) is 25.3 Å². The van der Waals surface area contributed by atoms with Gasteiger partial charge in [-0.2, -0.15) is 0 Å². The number of methoxy groups -OCH3 is 1. The second-order valence-corrected chi connectivity index (χ2v) is 6.27. The SMILES string of the molecule is CCCC(O)(CCC)CNC(=NCc1cc(OC)ccc1O)NCC.I. The van der Waals surface area contributed by atoms with Crippen molar-refractivity contribution in [3.05, 3.63) is 23.8 Å². The third-order valence-corrected chi connectivity index (χ3v) is 4.05. The Balaban J connectivity index is 0.00000625. The molecular formula is C19H34IN3O3. The Morgan fingerprint density at radius 3 is 2.35 bits per heavy atom. The van der Waals surface area contributed by atoms with Gasteiger partial charge in [-0.1, -0.05) is 26.7 Å². The molecule has 0 fully saturated rings. The number of guanidine groups is 1. The number of benzene rings is 1. The summed E-state index contributed by atoms with van der Waals surface area (Å²) < 4.78 is 5.19. The van der Waals surface area contributed by atoms with Crippen molar-refractivity contribution in [1.29, 1.82) is 0 Å². The van der Waals surface area contributed by atoms with Crippen molar-refractivity contribution < 1.29 is 14.9 Å². The van der Waals surface area contributed by atoms with Crippen molar-refractivity contribution in [1.82, 2.24) is 10.6 Å². The zero-order chi connectivity index (χ0) is 18.7. The van der Waals surface area contributed by atoms with Crippen LogP contribution in [0.1, 0.15) is 52.0 Å². The van der Waals surface area contributed by atoms with Crippen LogP contribution in [0.2, 0.25) is 0 Å². The number of nitrogens with zero attached hydrogens (tertiary/aromatic N) is 1. The molecule has 150 valence electrons. The number of phenolic OH excluding ortho intramolecular Hbond substituents is 1. The predicted molar refractivity (Wildman–Crippen MR) is 118 cm³/mol. The minimum absolute atomic E-state index is 0. The lowest BCUT2D eigenvalue weighted by atomic mass is 9.93. The van der Waals surface area contributed by atoms with Gasteiger partial charge in [0.25, 0.3) is 0 Å². The summed E-state index contributed by atoms with van der Waals surface area (Å²) in [6, 6.07) is 5.08. The summed E-state index contributed by atoms with van der Waals surface area (Å²) in [6.07, 6.45) is 3.38. The fourth-order valence-corrected chi connectivity index (χ4v) is 2.80. The van der Waals surface area contributed by atoms with E-state index < -0.39 is 5.60 Å². The molecule has 0 aliphatic rings. The Labute approximate surface area is 174 Å². The highest BCUT2D eigenvalue weighted by Gasteiger charge is 2.24. The van der Waals surface area contributed by atoms with E-state index >= 15 is 0 Å². The topological polar surface area (TPSA) is 86.1 Å². The summed E-state index contributed by atoms with van der Waals surface area (Å²) in [4.78, 5) is 4.51. The van der Waals surface area contributed by atoms with E-state index in [2.05, 4.69) is 29.5 Å². The molecule has 0 spiro atoms. The molecule has 1 aromatic rings. The first kappa shape index (κ1) is 24.8. The lowest BCUT2D eigenvalue weighted by Gasteiger charge is -2.28. The van der Waals surface area contributed by atoms with Crippen LogP contribution in [0.5, 0.6) is 11.5 Å². The number of phenols is 1. The molecule has 0 bridgehead atoms. The van der Waals surface area contributed by atoms with Crippen LogP contribution in [0.15, 0.2) is 23.2 Å². The summed E-state index contributed by atoms with van der Waals surface area (Å²) in [5.74, 6) is 1.49. The zero-order valence-electron chi connectivity index (χ0n) is 16.3. The Morgan fingerprint density at radius 2 is 1.81 bits per heavy atom. The largest absolute Gasteiger partial charge is 0.508 e. The van der Waals surface area contributed by atoms with Crippen molar-refractivity contribution in [3.63, 3.8) is 0 Å². The Kier molecular flexibility index (Phi) is 12.4. The molecule has 0 aliphatic heterocycles. The quantitative estimate of drug-likeness (QED) is 0.235. The normalized spacial score (nSPS) is 11.7. The second kappa shape index (κ2) is 13.0. The van der Waals surface area contributed by atoms with E-state index in [0.29, 0.717) is 30.4 Å². The first-order valence-corrected chi connectivity index (χ1v) is 9.08. The number of halogens is 1. The number of hydrogen-bond donors (Lipinski definition) is 4. The molecule has 1 rings (SSSR count). The molecule has 4 N–H and O–H groups in total. The van der Waals surface area contributed by atoms with Gasteiger partial charge in [0.1, 0.15) is 11.5 Å². The average molecular weight is 479 g/mol. The maximum atomic E-state index is 10.7. The molecular weight excluding hydrogens is 445 g/mol.